The van der Waals surface area contributed by atoms with Crippen LogP contribution in [0.1, 0.15) is 30.5 Å². The zero-order valence-corrected chi connectivity index (χ0v) is 8.65. The van der Waals surface area contributed by atoms with Gasteiger partial charge in [-0.3, -0.25) is 0 Å². The standard InChI is InChI=1S/C10H11N.C2H6/c1-7-3-4-9-6-11-8(2)10(9)5-7;1-2/h3-5,11H,2,6H2,1H3;1-2H3. The fourth-order valence-electron chi connectivity index (χ4n) is 1.42. The number of rotatable bonds is 0. The first-order valence-corrected chi connectivity index (χ1v) is 4.80. The third kappa shape index (κ3) is 1.92. The molecule has 1 nitrogen and oxygen atoms in total. The molecule has 0 amide bonds. The van der Waals surface area contributed by atoms with Crippen LogP contribution in [-0.4, -0.2) is 0 Å². The fraction of sp³-hybridized carbons (Fsp3) is 0.333. The van der Waals surface area contributed by atoms with Crippen LogP contribution in [0.4, 0.5) is 0 Å². The average Bonchev–Trinajstić information content (AvgIpc) is 2.52. The zero-order chi connectivity index (χ0) is 9.84. The number of fused-ring (bicyclic) bond motifs is 1. The average molecular weight is 175 g/mol. The molecule has 0 unspecified atom stereocenters. The van der Waals surface area contributed by atoms with Crippen molar-refractivity contribution in [3.05, 3.63) is 41.5 Å². The van der Waals surface area contributed by atoms with Gasteiger partial charge in [0, 0.05) is 17.8 Å². The molecule has 1 aliphatic rings. The summed E-state index contributed by atoms with van der Waals surface area (Å²) in [6.07, 6.45) is 0. The predicted octanol–water partition coefficient (Wildman–Crippen LogP) is 3.10. The second-order valence-electron chi connectivity index (χ2n) is 2.99. The van der Waals surface area contributed by atoms with Crippen LogP contribution in [-0.2, 0) is 6.54 Å². The van der Waals surface area contributed by atoms with Crippen molar-refractivity contribution >= 4 is 5.70 Å². The maximum absolute atomic E-state index is 3.93. The highest BCUT2D eigenvalue weighted by atomic mass is 14.9. The normalized spacial score (nSPS) is 12.7. The quantitative estimate of drug-likeness (QED) is 0.639. The minimum atomic E-state index is 0.939. The van der Waals surface area contributed by atoms with E-state index in [2.05, 4.69) is 37.0 Å². The van der Waals surface area contributed by atoms with E-state index in [0.717, 1.165) is 12.2 Å². The molecule has 0 spiro atoms. The molecule has 0 aromatic heterocycles. The van der Waals surface area contributed by atoms with Crippen LogP contribution in [0.3, 0.4) is 0 Å². The molecule has 0 bridgehead atoms. The molecule has 1 aromatic rings. The number of nitrogens with one attached hydrogen (secondary N) is 1. The van der Waals surface area contributed by atoms with E-state index in [1.807, 2.05) is 13.8 Å². The van der Waals surface area contributed by atoms with E-state index in [4.69, 9.17) is 0 Å². The van der Waals surface area contributed by atoms with Crippen LogP contribution in [0.2, 0.25) is 0 Å². The molecular formula is C12H17N. The Morgan fingerprint density at radius 3 is 2.69 bits per heavy atom. The smallest absolute Gasteiger partial charge is 0.0407 e. The maximum atomic E-state index is 3.93. The zero-order valence-electron chi connectivity index (χ0n) is 8.65. The predicted molar refractivity (Wildman–Crippen MR) is 58.4 cm³/mol. The maximum Gasteiger partial charge on any atom is 0.0407 e. The van der Waals surface area contributed by atoms with Gasteiger partial charge in [-0.1, -0.05) is 38.1 Å². The van der Waals surface area contributed by atoms with Gasteiger partial charge >= 0.3 is 0 Å². The molecule has 0 saturated heterocycles. The molecule has 1 aromatic carbocycles. The first-order valence-electron chi connectivity index (χ1n) is 4.80. The van der Waals surface area contributed by atoms with Crippen LogP contribution in [0, 0.1) is 6.92 Å². The Balaban J connectivity index is 0.000000396. The topological polar surface area (TPSA) is 12.0 Å². The van der Waals surface area contributed by atoms with Gasteiger partial charge in [0.1, 0.15) is 0 Å². The van der Waals surface area contributed by atoms with E-state index in [9.17, 15) is 0 Å². The van der Waals surface area contributed by atoms with Gasteiger partial charge in [-0.2, -0.15) is 0 Å². The van der Waals surface area contributed by atoms with Crippen molar-refractivity contribution in [2.75, 3.05) is 0 Å². The third-order valence-electron chi connectivity index (χ3n) is 2.08. The Bertz CT molecular complexity index is 313. The van der Waals surface area contributed by atoms with E-state index in [-0.39, 0.29) is 0 Å². The van der Waals surface area contributed by atoms with Crippen molar-refractivity contribution in [2.24, 2.45) is 0 Å². The fourth-order valence-corrected chi connectivity index (χ4v) is 1.42. The van der Waals surface area contributed by atoms with Crippen LogP contribution in [0.15, 0.2) is 24.8 Å². The largest absolute Gasteiger partial charge is 0.381 e. The molecule has 70 valence electrons. The molecule has 2 rings (SSSR count). The monoisotopic (exact) mass is 175 g/mol. The Morgan fingerprint density at radius 2 is 2.00 bits per heavy atom. The summed E-state index contributed by atoms with van der Waals surface area (Å²) in [5, 5.41) is 3.22. The molecule has 1 heterocycles. The van der Waals surface area contributed by atoms with E-state index >= 15 is 0 Å². The SMILES string of the molecule is C=C1NCc2ccc(C)cc21.CC. The summed E-state index contributed by atoms with van der Waals surface area (Å²) in [6.45, 7) is 11.0. The van der Waals surface area contributed by atoms with Crippen LogP contribution in [0.5, 0.6) is 0 Å². The lowest BCUT2D eigenvalue weighted by atomic mass is 10.1. The van der Waals surface area contributed by atoms with Gasteiger partial charge in [-0.15, -0.1) is 0 Å². The second kappa shape index (κ2) is 4.13. The lowest BCUT2D eigenvalue weighted by molar-refractivity contribution is 0.946. The molecule has 0 saturated carbocycles. The summed E-state index contributed by atoms with van der Waals surface area (Å²) < 4.78 is 0. The highest BCUT2D eigenvalue weighted by molar-refractivity contribution is 5.69. The van der Waals surface area contributed by atoms with Crippen LogP contribution < -0.4 is 5.32 Å². The summed E-state index contributed by atoms with van der Waals surface area (Å²) in [6, 6.07) is 6.48. The number of benzene rings is 1. The number of hydrogen-bond acceptors (Lipinski definition) is 1. The molecule has 1 aliphatic heterocycles. The summed E-state index contributed by atoms with van der Waals surface area (Å²) in [7, 11) is 0. The van der Waals surface area contributed by atoms with Crippen molar-refractivity contribution in [3.8, 4) is 0 Å². The minimum absolute atomic E-state index is 0.939. The lowest BCUT2D eigenvalue weighted by Crippen LogP contribution is -1.98. The molecular weight excluding hydrogens is 158 g/mol. The molecule has 0 fully saturated rings. The minimum Gasteiger partial charge on any atom is -0.381 e. The van der Waals surface area contributed by atoms with Crippen molar-refractivity contribution in [1.29, 1.82) is 0 Å². The molecule has 13 heavy (non-hydrogen) atoms. The van der Waals surface area contributed by atoms with E-state index in [0.29, 0.717) is 0 Å². The number of hydrogen-bond donors (Lipinski definition) is 1. The Labute approximate surface area is 80.5 Å². The summed E-state index contributed by atoms with van der Waals surface area (Å²) in [5.41, 5.74) is 5.00. The molecule has 1 heteroatoms. The van der Waals surface area contributed by atoms with E-state index < -0.39 is 0 Å². The van der Waals surface area contributed by atoms with Crippen LogP contribution in [0.25, 0.3) is 5.70 Å². The molecule has 0 aliphatic carbocycles. The van der Waals surface area contributed by atoms with Gasteiger partial charge in [0.25, 0.3) is 0 Å². The third-order valence-corrected chi connectivity index (χ3v) is 2.08. The Morgan fingerprint density at radius 1 is 1.31 bits per heavy atom. The van der Waals surface area contributed by atoms with Gasteiger partial charge in [-0.25, -0.2) is 0 Å². The van der Waals surface area contributed by atoms with Crippen molar-refractivity contribution in [1.82, 2.24) is 5.32 Å². The number of aryl methyl sites for hydroxylation is 1. The van der Waals surface area contributed by atoms with E-state index in [1.165, 1.54) is 16.7 Å². The highest BCUT2D eigenvalue weighted by Crippen LogP contribution is 2.23. The Kier molecular flexibility index (Phi) is 3.13. The van der Waals surface area contributed by atoms with Crippen LogP contribution >= 0.6 is 0 Å². The van der Waals surface area contributed by atoms with Crippen molar-refractivity contribution < 1.29 is 0 Å². The highest BCUT2D eigenvalue weighted by Gasteiger charge is 2.12. The van der Waals surface area contributed by atoms with Crippen molar-refractivity contribution in [3.63, 3.8) is 0 Å². The van der Waals surface area contributed by atoms with Crippen molar-refractivity contribution in [2.45, 2.75) is 27.3 Å². The summed E-state index contributed by atoms with van der Waals surface area (Å²) in [4.78, 5) is 0. The molecule has 1 N–H and O–H groups in total. The summed E-state index contributed by atoms with van der Waals surface area (Å²) in [5.74, 6) is 0. The first kappa shape index (κ1) is 9.85. The van der Waals surface area contributed by atoms with Gasteiger partial charge in [-0.05, 0) is 18.6 Å². The first-order chi connectivity index (χ1) is 6.27. The van der Waals surface area contributed by atoms with Gasteiger partial charge in [0.05, 0.1) is 0 Å². The van der Waals surface area contributed by atoms with Gasteiger partial charge in [0.15, 0.2) is 0 Å². The lowest BCUT2D eigenvalue weighted by Gasteiger charge is -1.98. The molecule has 0 radical (unpaired) electrons. The summed E-state index contributed by atoms with van der Waals surface area (Å²) >= 11 is 0. The second-order valence-corrected chi connectivity index (χ2v) is 2.99. The van der Waals surface area contributed by atoms with Gasteiger partial charge in [0.2, 0.25) is 0 Å². The Hall–Kier alpha value is -1.24. The molecule has 0 atom stereocenters. The van der Waals surface area contributed by atoms with Gasteiger partial charge < -0.3 is 5.32 Å². The van der Waals surface area contributed by atoms with E-state index in [1.54, 1.807) is 0 Å².